The lowest BCUT2D eigenvalue weighted by atomic mass is 9.50. The number of benzene rings is 1. The van der Waals surface area contributed by atoms with E-state index < -0.39 is 5.60 Å². The molecule has 142 valence electrons. The molecule has 1 aromatic carbocycles. The van der Waals surface area contributed by atoms with Crippen molar-refractivity contribution in [1.82, 2.24) is 10.2 Å². The fraction of sp³-hybridized carbons (Fsp3) is 0.682. The summed E-state index contributed by atoms with van der Waals surface area (Å²) in [6, 6.07) is 7.82. The average Bonchev–Trinajstić information content (AvgIpc) is 2.59. The first-order chi connectivity index (χ1) is 12.4. The van der Waals surface area contributed by atoms with E-state index in [0.717, 1.165) is 43.1 Å². The van der Waals surface area contributed by atoms with Crippen LogP contribution >= 0.6 is 0 Å². The number of rotatable bonds is 5. The van der Waals surface area contributed by atoms with Crippen LogP contribution < -0.4 is 5.32 Å². The summed E-state index contributed by atoms with van der Waals surface area (Å²) in [5, 5.41) is 14.6. The zero-order chi connectivity index (χ0) is 18.5. The van der Waals surface area contributed by atoms with E-state index in [1.165, 1.54) is 12.0 Å². The van der Waals surface area contributed by atoms with Crippen LogP contribution in [0.5, 0.6) is 0 Å². The number of nitrogens with one attached hydrogen (secondary N) is 1. The molecule has 5 rings (SSSR count). The van der Waals surface area contributed by atoms with Crippen molar-refractivity contribution in [2.45, 2.75) is 50.7 Å². The van der Waals surface area contributed by atoms with Gasteiger partial charge in [-0.1, -0.05) is 29.8 Å². The molecule has 1 aromatic rings. The van der Waals surface area contributed by atoms with Crippen LogP contribution in [0, 0.1) is 30.6 Å². The maximum absolute atomic E-state index is 13.0. The summed E-state index contributed by atoms with van der Waals surface area (Å²) in [5.41, 5.74) is 1.48. The van der Waals surface area contributed by atoms with Crippen molar-refractivity contribution < 1.29 is 9.90 Å². The van der Waals surface area contributed by atoms with Gasteiger partial charge in [-0.05, 0) is 82.4 Å². The van der Waals surface area contributed by atoms with Crippen LogP contribution in [0.4, 0.5) is 0 Å². The van der Waals surface area contributed by atoms with Crippen molar-refractivity contribution in [3.05, 3.63) is 35.4 Å². The van der Waals surface area contributed by atoms with Gasteiger partial charge in [-0.25, -0.2) is 0 Å². The second-order valence-electron chi connectivity index (χ2n) is 9.29. The minimum absolute atomic E-state index is 0.0129. The predicted octanol–water partition coefficient (Wildman–Crippen LogP) is 2.90. The maximum Gasteiger partial charge on any atom is 0.242 e. The molecule has 1 amide bonds. The molecule has 26 heavy (non-hydrogen) atoms. The van der Waals surface area contributed by atoms with E-state index in [-0.39, 0.29) is 11.9 Å². The summed E-state index contributed by atoms with van der Waals surface area (Å²) < 4.78 is 0. The summed E-state index contributed by atoms with van der Waals surface area (Å²) in [4.78, 5) is 14.9. The molecule has 1 atom stereocenters. The van der Waals surface area contributed by atoms with E-state index in [1.54, 1.807) is 0 Å². The molecule has 0 aliphatic heterocycles. The predicted molar refractivity (Wildman–Crippen MR) is 103 cm³/mol. The van der Waals surface area contributed by atoms with Gasteiger partial charge in [0.15, 0.2) is 0 Å². The molecule has 4 bridgehead atoms. The highest BCUT2D eigenvalue weighted by Gasteiger charge is 2.56. The summed E-state index contributed by atoms with van der Waals surface area (Å²) >= 11 is 0. The fourth-order valence-corrected chi connectivity index (χ4v) is 6.05. The van der Waals surface area contributed by atoms with Crippen molar-refractivity contribution in [3.63, 3.8) is 0 Å². The molecule has 0 spiro atoms. The zero-order valence-electron chi connectivity index (χ0n) is 16.2. The number of aryl methyl sites for hydroxylation is 1. The monoisotopic (exact) mass is 356 g/mol. The van der Waals surface area contributed by atoms with Crippen LogP contribution in [0.3, 0.4) is 0 Å². The quantitative estimate of drug-likeness (QED) is 0.853. The molecular formula is C22H32N2O2. The van der Waals surface area contributed by atoms with Crippen LogP contribution in [0.15, 0.2) is 24.3 Å². The van der Waals surface area contributed by atoms with Gasteiger partial charge in [-0.15, -0.1) is 0 Å². The second kappa shape index (κ2) is 6.65. The third-order valence-corrected chi connectivity index (χ3v) is 7.26. The Morgan fingerprint density at radius 2 is 1.65 bits per heavy atom. The van der Waals surface area contributed by atoms with E-state index in [1.807, 2.05) is 43.3 Å². The molecule has 4 aliphatic carbocycles. The zero-order valence-corrected chi connectivity index (χ0v) is 16.2. The Bertz CT molecular complexity index is 639. The summed E-state index contributed by atoms with van der Waals surface area (Å²) in [7, 11) is 3.86. The van der Waals surface area contributed by atoms with Crippen LogP contribution in [0.2, 0.25) is 0 Å². The van der Waals surface area contributed by atoms with Crippen LogP contribution in [-0.4, -0.2) is 42.2 Å². The van der Waals surface area contributed by atoms with Crippen molar-refractivity contribution >= 4 is 5.91 Å². The Labute approximate surface area is 157 Å². The first-order valence-corrected chi connectivity index (χ1v) is 10.1. The lowest BCUT2D eigenvalue weighted by Gasteiger charge is -2.59. The molecule has 4 nitrogen and oxygen atoms in total. The summed E-state index contributed by atoms with van der Waals surface area (Å²) in [5.74, 6) is 2.36. The first-order valence-electron chi connectivity index (χ1n) is 10.1. The largest absolute Gasteiger partial charge is 0.387 e. The van der Waals surface area contributed by atoms with Crippen LogP contribution in [0.25, 0.3) is 0 Å². The number of carbonyl (C=O) groups excluding carboxylic acids is 1. The Morgan fingerprint density at radius 1 is 1.12 bits per heavy atom. The van der Waals surface area contributed by atoms with Gasteiger partial charge in [0.1, 0.15) is 6.04 Å². The number of aliphatic hydroxyl groups is 1. The van der Waals surface area contributed by atoms with E-state index >= 15 is 0 Å². The topological polar surface area (TPSA) is 52.6 Å². The Kier molecular flexibility index (Phi) is 4.60. The molecule has 4 saturated carbocycles. The summed E-state index contributed by atoms with van der Waals surface area (Å²) in [6.07, 6.45) is 5.96. The van der Waals surface area contributed by atoms with E-state index in [9.17, 15) is 9.90 Å². The molecule has 0 radical (unpaired) electrons. The third kappa shape index (κ3) is 3.07. The van der Waals surface area contributed by atoms with Gasteiger partial charge < -0.3 is 10.4 Å². The van der Waals surface area contributed by atoms with Gasteiger partial charge in [0.05, 0.1) is 5.60 Å². The fourth-order valence-electron chi connectivity index (χ4n) is 6.05. The van der Waals surface area contributed by atoms with Gasteiger partial charge >= 0.3 is 0 Å². The lowest BCUT2D eigenvalue weighted by Crippen LogP contribution is -2.62. The van der Waals surface area contributed by atoms with Crippen molar-refractivity contribution in [2.24, 2.45) is 23.7 Å². The van der Waals surface area contributed by atoms with E-state index in [4.69, 9.17) is 0 Å². The number of nitrogens with zero attached hydrogens (tertiary/aromatic N) is 1. The van der Waals surface area contributed by atoms with Crippen molar-refractivity contribution in [3.8, 4) is 0 Å². The summed E-state index contributed by atoms with van der Waals surface area (Å²) in [6.45, 7) is 2.45. The number of amides is 1. The minimum Gasteiger partial charge on any atom is -0.387 e. The highest BCUT2D eigenvalue weighted by Crippen LogP contribution is 2.58. The normalized spacial score (nSPS) is 36.3. The SMILES string of the molecule is Cc1ccc([C@H](C(=O)NCC2(O)C3CC4CC(C3)CC2C4)N(C)C)cc1. The van der Waals surface area contributed by atoms with Gasteiger partial charge in [0, 0.05) is 6.54 Å². The molecule has 4 heteroatoms. The third-order valence-electron chi connectivity index (χ3n) is 7.26. The lowest BCUT2D eigenvalue weighted by molar-refractivity contribution is -0.171. The molecule has 0 aromatic heterocycles. The Morgan fingerprint density at radius 3 is 2.15 bits per heavy atom. The smallest absolute Gasteiger partial charge is 0.242 e. The van der Waals surface area contributed by atoms with Crippen LogP contribution in [0.1, 0.15) is 49.3 Å². The number of hydrogen-bond acceptors (Lipinski definition) is 3. The molecule has 4 aliphatic rings. The van der Waals surface area contributed by atoms with E-state index in [2.05, 4.69) is 12.2 Å². The van der Waals surface area contributed by atoms with Gasteiger partial charge in [0.25, 0.3) is 0 Å². The van der Waals surface area contributed by atoms with Crippen LogP contribution in [-0.2, 0) is 4.79 Å². The van der Waals surface area contributed by atoms with Gasteiger partial charge in [-0.2, -0.15) is 0 Å². The highest BCUT2D eigenvalue weighted by atomic mass is 16.3. The number of hydrogen-bond donors (Lipinski definition) is 2. The second-order valence-corrected chi connectivity index (χ2v) is 9.29. The average molecular weight is 357 g/mol. The maximum atomic E-state index is 13.0. The van der Waals surface area contributed by atoms with E-state index in [0.29, 0.717) is 18.4 Å². The molecule has 0 saturated heterocycles. The highest BCUT2D eigenvalue weighted by molar-refractivity contribution is 5.83. The standard InChI is InChI=1S/C22H32N2O2/c1-14-4-6-17(7-5-14)20(24(2)3)21(25)23-13-22(26)18-9-15-8-16(11-18)12-19(22)10-15/h4-7,15-16,18-20,26H,8-13H2,1-3H3,(H,23,25)/t15?,16?,18?,19?,20-,22?/m1/s1. The Hall–Kier alpha value is -1.39. The molecule has 4 fully saturated rings. The van der Waals surface area contributed by atoms with Crippen molar-refractivity contribution in [1.29, 1.82) is 0 Å². The number of carbonyl (C=O) groups is 1. The van der Waals surface area contributed by atoms with Crippen molar-refractivity contribution in [2.75, 3.05) is 20.6 Å². The van der Waals surface area contributed by atoms with Gasteiger partial charge in [-0.3, -0.25) is 9.69 Å². The molecule has 2 N–H and O–H groups in total. The molecule has 0 unspecified atom stereocenters. The molecule has 0 heterocycles. The van der Waals surface area contributed by atoms with Gasteiger partial charge in [0.2, 0.25) is 5.91 Å². The minimum atomic E-state index is -0.701. The first kappa shape index (κ1) is 18.0. The molecular weight excluding hydrogens is 324 g/mol. The number of likely N-dealkylation sites (N-methyl/N-ethyl adjacent to an activating group) is 1. The Balaban J connectivity index is 1.46.